The van der Waals surface area contributed by atoms with Crippen molar-refractivity contribution in [2.45, 2.75) is 66.1 Å². The zero-order valence-corrected chi connectivity index (χ0v) is 33.5. The molecule has 0 spiro atoms. The standard InChI is InChI=1S/C35H30NO.C14H15N2.Ir/c1-22-18-26(35(3,4)5)15-17-27(22)31-20-32(36-21-23(31)2)30-13-9-12-29-28-16-14-25(19-33(28)37-34(29)30)24-10-7-6-8-11-24;1-14(2,3)12-9-10-15-13(16-12)11-7-5-4-6-8-11;/h6-12,14-21H,1-5H3;4-7,9-10H,1-3H3;/q2*-1;/i1D3,2D3,17D;;. The first-order chi connectivity index (χ1) is 28.2. The van der Waals surface area contributed by atoms with Crippen LogP contribution in [0, 0.1) is 25.8 Å². The van der Waals surface area contributed by atoms with E-state index in [9.17, 15) is 0 Å². The Morgan fingerprint density at radius 1 is 0.685 bits per heavy atom. The molecule has 8 rings (SSSR count). The average molecular weight is 891 g/mol. The van der Waals surface area contributed by atoms with E-state index in [1.165, 1.54) is 6.20 Å². The first kappa shape index (κ1) is 30.1. The number of rotatable bonds is 4. The minimum Gasteiger partial charge on any atom is -0.501 e. The van der Waals surface area contributed by atoms with Crippen molar-refractivity contribution in [1.29, 1.82) is 0 Å². The van der Waals surface area contributed by atoms with E-state index >= 15 is 0 Å². The van der Waals surface area contributed by atoms with Crippen molar-refractivity contribution in [3.05, 3.63) is 162 Å². The molecule has 5 heteroatoms. The smallest absolute Gasteiger partial charge is 0.121 e. The number of aromatic nitrogens is 3. The van der Waals surface area contributed by atoms with Crippen molar-refractivity contribution in [3.8, 4) is 44.9 Å². The predicted molar refractivity (Wildman–Crippen MR) is 220 cm³/mol. The summed E-state index contributed by atoms with van der Waals surface area (Å²) in [7, 11) is 0. The van der Waals surface area contributed by atoms with Gasteiger partial charge in [0.15, 0.2) is 0 Å². The van der Waals surface area contributed by atoms with Crippen LogP contribution in [-0.2, 0) is 30.9 Å². The van der Waals surface area contributed by atoms with Crippen LogP contribution in [0.5, 0.6) is 0 Å². The van der Waals surface area contributed by atoms with Crippen molar-refractivity contribution in [2.24, 2.45) is 0 Å². The van der Waals surface area contributed by atoms with Crippen molar-refractivity contribution >= 4 is 21.9 Å². The maximum absolute atomic E-state index is 8.94. The number of benzene rings is 5. The van der Waals surface area contributed by atoms with E-state index in [1.807, 2.05) is 112 Å². The molecular weight excluding hydrogens is 839 g/mol. The quantitative estimate of drug-likeness (QED) is 0.165. The first-order valence-electron chi connectivity index (χ1n) is 21.1. The summed E-state index contributed by atoms with van der Waals surface area (Å²) in [6.45, 7) is 7.06. The molecule has 0 aliphatic heterocycles. The van der Waals surface area contributed by atoms with Crippen LogP contribution in [0.15, 0.2) is 132 Å². The molecule has 5 aromatic carbocycles. The number of hydrogen-bond acceptors (Lipinski definition) is 4. The van der Waals surface area contributed by atoms with Gasteiger partial charge >= 0.3 is 0 Å². The average Bonchev–Trinajstić information content (AvgIpc) is 3.58. The van der Waals surface area contributed by atoms with Crippen LogP contribution < -0.4 is 0 Å². The van der Waals surface area contributed by atoms with E-state index in [0.717, 1.165) is 39.0 Å². The maximum atomic E-state index is 8.94. The molecule has 273 valence electrons. The summed E-state index contributed by atoms with van der Waals surface area (Å²) in [4.78, 5) is 13.4. The molecule has 3 heterocycles. The molecule has 0 aliphatic rings. The van der Waals surface area contributed by atoms with Crippen molar-refractivity contribution in [2.75, 3.05) is 0 Å². The second-order valence-electron chi connectivity index (χ2n) is 15.1. The minimum atomic E-state index is -2.61. The Morgan fingerprint density at radius 3 is 2.20 bits per heavy atom. The van der Waals surface area contributed by atoms with Crippen molar-refractivity contribution < 1.29 is 34.1 Å². The molecule has 0 bridgehead atoms. The van der Waals surface area contributed by atoms with Gasteiger partial charge in [-0.2, -0.15) is 0 Å². The van der Waals surface area contributed by atoms with Gasteiger partial charge in [-0.1, -0.05) is 119 Å². The third-order valence-electron chi connectivity index (χ3n) is 9.15. The third kappa shape index (κ3) is 8.13. The second-order valence-corrected chi connectivity index (χ2v) is 15.1. The topological polar surface area (TPSA) is 51.8 Å². The summed E-state index contributed by atoms with van der Waals surface area (Å²) in [5.41, 5.74) is 6.40. The second kappa shape index (κ2) is 15.6. The van der Waals surface area contributed by atoms with Gasteiger partial charge in [-0.05, 0) is 75.9 Å². The third-order valence-corrected chi connectivity index (χ3v) is 9.15. The van der Waals surface area contributed by atoms with Crippen LogP contribution in [0.2, 0.25) is 0 Å². The van der Waals surface area contributed by atoms with Crippen LogP contribution in [0.25, 0.3) is 66.8 Å². The summed E-state index contributed by atoms with van der Waals surface area (Å²) in [6, 6.07) is 40.4. The van der Waals surface area contributed by atoms with Gasteiger partial charge in [0.2, 0.25) is 0 Å². The number of hydrogen-bond donors (Lipinski definition) is 0. The van der Waals surface area contributed by atoms with Crippen molar-refractivity contribution in [1.82, 2.24) is 15.0 Å². The molecule has 0 unspecified atom stereocenters. The monoisotopic (exact) mass is 891 g/mol. The van der Waals surface area contributed by atoms with E-state index in [2.05, 4.69) is 47.9 Å². The normalized spacial score (nSPS) is 13.9. The fourth-order valence-corrected chi connectivity index (χ4v) is 6.13. The van der Waals surface area contributed by atoms with Gasteiger partial charge in [0.25, 0.3) is 0 Å². The molecular formula is C49H45IrN3O-2. The minimum absolute atomic E-state index is 0. The molecule has 54 heavy (non-hydrogen) atoms. The van der Waals surface area contributed by atoms with E-state index in [0.29, 0.717) is 28.0 Å². The van der Waals surface area contributed by atoms with E-state index in [1.54, 1.807) is 24.3 Å². The summed E-state index contributed by atoms with van der Waals surface area (Å²) < 4.78 is 65.0. The molecule has 0 atom stereocenters. The molecule has 0 aliphatic carbocycles. The SMILES string of the molecule is CC(C)(C)c1ccnc(-c2[c-]cccc2)n1.[2H]c1cc(C(C)(C)C)cc(C([2H])([2H])[2H])c1-c1cc(-c2[c-]ccc3c2oc2cc(-c4ccccc4)ccc23)ncc1C([2H])([2H])[2H].[Ir]. The number of aryl methyl sites for hydroxylation is 2. The van der Waals surface area contributed by atoms with Gasteiger partial charge < -0.3 is 9.40 Å². The number of nitrogens with zero attached hydrogens (tertiary/aromatic N) is 3. The molecule has 0 fully saturated rings. The zero-order chi connectivity index (χ0) is 43.2. The molecule has 8 aromatic rings. The molecule has 0 amide bonds. The fraction of sp³-hybridized carbons (Fsp3) is 0.204. The van der Waals surface area contributed by atoms with Crippen molar-refractivity contribution in [3.63, 3.8) is 0 Å². The first-order valence-corrected chi connectivity index (χ1v) is 17.6. The number of furan rings is 1. The fourth-order valence-electron chi connectivity index (χ4n) is 6.13. The van der Waals surface area contributed by atoms with Gasteiger partial charge in [-0.25, -0.2) is 0 Å². The summed E-state index contributed by atoms with van der Waals surface area (Å²) in [5, 5.41) is 1.75. The molecule has 0 N–H and O–H groups in total. The molecule has 1 radical (unpaired) electrons. The Kier molecular flexibility index (Phi) is 8.73. The van der Waals surface area contributed by atoms with Gasteiger partial charge in [0.05, 0.1) is 12.8 Å². The zero-order valence-electron chi connectivity index (χ0n) is 38.1. The molecule has 3 aromatic heterocycles. The van der Waals surface area contributed by atoms with Crippen LogP contribution in [0.1, 0.15) is 73.5 Å². The number of fused-ring (bicyclic) bond motifs is 3. The predicted octanol–water partition coefficient (Wildman–Crippen LogP) is 12.9. The van der Waals surface area contributed by atoms with Crippen LogP contribution in [-0.4, -0.2) is 15.0 Å². The Bertz CT molecular complexity index is 2820. The summed E-state index contributed by atoms with van der Waals surface area (Å²) in [5.74, 6) is 0.744. The molecule has 0 saturated heterocycles. The summed E-state index contributed by atoms with van der Waals surface area (Å²) in [6.07, 6.45) is 3.06. The van der Waals surface area contributed by atoms with Gasteiger partial charge in [0, 0.05) is 57.2 Å². The maximum Gasteiger partial charge on any atom is 0.121 e. The van der Waals surface area contributed by atoms with Gasteiger partial charge in [0.1, 0.15) is 5.58 Å². The Labute approximate surface area is 343 Å². The van der Waals surface area contributed by atoms with Gasteiger partial charge in [-0.15, -0.1) is 54.1 Å². The summed E-state index contributed by atoms with van der Waals surface area (Å²) >= 11 is 0. The molecule has 0 saturated carbocycles. The Balaban J connectivity index is 0.000000307. The van der Waals surface area contributed by atoms with E-state index in [-0.39, 0.29) is 53.8 Å². The number of pyridine rings is 1. The van der Waals surface area contributed by atoms with Crippen LogP contribution >= 0.6 is 0 Å². The Morgan fingerprint density at radius 2 is 1.48 bits per heavy atom. The Hall–Kier alpha value is -5.22. The van der Waals surface area contributed by atoms with Gasteiger partial charge in [-0.3, -0.25) is 9.97 Å². The molecule has 4 nitrogen and oxygen atoms in total. The van der Waals surface area contributed by atoms with E-state index in [4.69, 9.17) is 14.0 Å². The van der Waals surface area contributed by atoms with Crippen LogP contribution in [0.3, 0.4) is 0 Å². The van der Waals surface area contributed by atoms with Crippen LogP contribution in [0.4, 0.5) is 0 Å². The largest absolute Gasteiger partial charge is 0.501 e. The van der Waals surface area contributed by atoms with E-state index < -0.39 is 19.1 Å².